The molecule has 0 fully saturated rings. The third-order valence-corrected chi connectivity index (χ3v) is 4.29. The molecule has 9 heteroatoms. The number of hydrogen-bond acceptors (Lipinski definition) is 6. The van der Waals surface area contributed by atoms with E-state index in [4.69, 9.17) is 0 Å². The van der Waals surface area contributed by atoms with Crippen LogP contribution in [-0.4, -0.2) is 25.4 Å². The Bertz CT molecular complexity index is 939. The van der Waals surface area contributed by atoms with Crippen LogP contribution in [0.3, 0.4) is 0 Å². The Balaban J connectivity index is 2.23. The number of ketones is 1. The molecule has 2 aromatic carbocycles. The van der Waals surface area contributed by atoms with Crippen LogP contribution in [0.25, 0.3) is 0 Å². The van der Waals surface area contributed by atoms with Gasteiger partial charge < -0.3 is 5.32 Å². The largest absolute Gasteiger partial charge is 0.373 e. The van der Waals surface area contributed by atoms with Crippen molar-refractivity contribution in [3.05, 3.63) is 63.7 Å². The van der Waals surface area contributed by atoms with Gasteiger partial charge in [-0.15, -0.1) is 0 Å². The molecule has 26 heavy (non-hydrogen) atoms. The first-order valence-corrected chi connectivity index (χ1v) is 9.59. The Morgan fingerprint density at radius 2 is 1.77 bits per heavy atom. The Morgan fingerprint density at radius 1 is 1.15 bits per heavy atom. The van der Waals surface area contributed by atoms with E-state index in [0.717, 1.165) is 11.8 Å². The normalized spacial score (nSPS) is 12.3. The minimum atomic E-state index is -3.35. The van der Waals surface area contributed by atoms with E-state index in [1.807, 2.05) is 6.92 Å². The lowest BCUT2D eigenvalue weighted by Gasteiger charge is -2.16. The fourth-order valence-electron chi connectivity index (χ4n) is 2.39. The molecule has 0 aromatic heterocycles. The van der Waals surface area contributed by atoms with Crippen LogP contribution in [0.5, 0.6) is 0 Å². The highest BCUT2D eigenvalue weighted by molar-refractivity contribution is 7.92. The number of rotatable bonds is 7. The molecule has 0 saturated heterocycles. The van der Waals surface area contributed by atoms with E-state index in [0.29, 0.717) is 11.4 Å². The van der Waals surface area contributed by atoms with Gasteiger partial charge in [0.15, 0.2) is 5.78 Å². The van der Waals surface area contributed by atoms with Crippen LogP contribution in [-0.2, 0) is 10.0 Å². The SMILES string of the molecule is CC(=O)c1ccc(N[C@H](C)c2ccc(NS(C)(=O)=O)cc2)c([N+](=O)[O-])c1. The minimum Gasteiger partial charge on any atom is -0.373 e. The summed E-state index contributed by atoms with van der Waals surface area (Å²) in [5.41, 5.74) is 1.63. The second-order valence-corrected chi connectivity index (χ2v) is 7.66. The van der Waals surface area contributed by atoms with Crippen molar-refractivity contribution in [2.45, 2.75) is 19.9 Å². The van der Waals surface area contributed by atoms with Gasteiger partial charge in [0.05, 0.1) is 11.2 Å². The van der Waals surface area contributed by atoms with Crippen molar-refractivity contribution in [2.75, 3.05) is 16.3 Å². The second-order valence-electron chi connectivity index (χ2n) is 5.91. The van der Waals surface area contributed by atoms with Gasteiger partial charge in [0.2, 0.25) is 10.0 Å². The van der Waals surface area contributed by atoms with Crippen LogP contribution in [0.2, 0.25) is 0 Å². The topological polar surface area (TPSA) is 118 Å². The van der Waals surface area contributed by atoms with Crippen LogP contribution in [0.15, 0.2) is 42.5 Å². The number of Topliss-reactive ketones (excluding diaryl/α,β-unsaturated/α-hetero) is 1. The van der Waals surface area contributed by atoms with E-state index in [-0.39, 0.29) is 23.1 Å². The molecule has 0 bridgehead atoms. The molecule has 0 spiro atoms. The summed E-state index contributed by atoms with van der Waals surface area (Å²) >= 11 is 0. The molecular weight excluding hydrogens is 358 g/mol. The lowest BCUT2D eigenvalue weighted by Crippen LogP contribution is -2.11. The fraction of sp³-hybridized carbons (Fsp3) is 0.235. The van der Waals surface area contributed by atoms with Crippen molar-refractivity contribution < 1.29 is 18.1 Å². The molecule has 2 N–H and O–H groups in total. The molecule has 0 aliphatic heterocycles. The molecule has 0 aliphatic carbocycles. The number of nitro groups is 1. The zero-order valence-corrected chi connectivity index (χ0v) is 15.3. The second kappa shape index (κ2) is 7.52. The molecule has 138 valence electrons. The molecule has 1 atom stereocenters. The number of benzene rings is 2. The summed E-state index contributed by atoms with van der Waals surface area (Å²) in [4.78, 5) is 22.2. The fourth-order valence-corrected chi connectivity index (χ4v) is 2.96. The summed E-state index contributed by atoms with van der Waals surface area (Å²) in [6.07, 6.45) is 1.06. The molecule has 0 unspecified atom stereocenters. The zero-order valence-electron chi connectivity index (χ0n) is 14.5. The summed E-state index contributed by atoms with van der Waals surface area (Å²) in [5.74, 6) is -0.248. The number of anilines is 2. The zero-order chi connectivity index (χ0) is 19.5. The summed E-state index contributed by atoms with van der Waals surface area (Å²) < 4.78 is 24.8. The molecule has 0 radical (unpaired) electrons. The maximum absolute atomic E-state index is 11.4. The van der Waals surface area contributed by atoms with Gasteiger partial charge in [0.25, 0.3) is 5.69 Å². The first-order valence-electron chi connectivity index (χ1n) is 7.70. The maximum atomic E-state index is 11.4. The summed E-state index contributed by atoms with van der Waals surface area (Å²) in [6.45, 7) is 3.17. The number of sulfonamides is 1. The first kappa shape index (κ1) is 19.4. The van der Waals surface area contributed by atoms with Crippen molar-refractivity contribution in [3.63, 3.8) is 0 Å². The molecule has 0 heterocycles. The van der Waals surface area contributed by atoms with Gasteiger partial charge in [-0.05, 0) is 43.7 Å². The van der Waals surface area contributed by atoms with E-state index in [1.165, 1.54) is 25.1 Å². The summed E-state index contributed by atoms with van der Waals surface area (Å²) in [5, 5.41) is 14.3. The van der Waals surface area contributed by atoms with E-state index in [2.05, 4.69) is 10.0 Å². The van der Waals surface area contributed by atoms with Crippen LogP contribution in [0, 0.1) is 10.1 Å². The van der Waals surface area contributed by atoms with Gasteiger partial charge in [0, 0.05) is 23.4 Å². The molecular formula is C17H19N3O5S. The molecule has 2 aromatic rings. The van der Waals surface area contributed by atoms with Crippen LogP contribution in [0.1, 0.15) is 35.8 Å². The molecule has 2 rings (SSSR count). The summed E-state index contributed by atoms with van der Waals surface area (Å²) in [7, 11) is -3.35. The minimum absolute atomic E-state index is 0.181. The lowest BCUT2D eigenvalue weighted by atomic mass is 10.1. The monoisotopic (exact) mass is 377 g/mol. The van der Waals surface area contributed by atoms with E-state index in [9.17, 15) is 23.3 Å². The number of nitro benzene ring substituents is 1. The van der Waals surface area contributed by atoms with Gasteiger partial charge in [-0.3, -0.25) is 19.6 Å². The van der Waals surface area contributed by atoms with Gasteiger partial charge in [0.1, 0.15) is 5.69 Å². The van der Waals surface area contributed by atoms with Crippen LogP contribution < -0.4 is 10.0 Å². The highest BCUT2D eigenvalue weighted by Crippen LogP contribution is 2.29. The molecule has 0 saturated carbocycles. The third-order valence-electron chi connectivity index (χ3n) is 3.69. The smallest absolute Gasteiger partial charge is 0.293 e. The Kier molecular flexibility index (Phi) is 5.61. The predicted molar refractivity (Wildman–Crippen MR) is 100 cm³/mol. The first-order chi connectivity index (χ1) is 12.1. The highest BCUT2D eigenvalue weighted by atomic mass is 32.2. The lowest BCUT2D eigenvalue weighted by molar-refractivity contribution is -0.384. The van der Waals surface area contributed by atoms with E-state index >= 15 is 0 Å². The van der Waals surface area contributed by atoms with Crippen molar-refractivity contribution in [3.8, 4) is 0 Å². The Morgan fingerprint density at radius 3 is 2.27 bits per heavy atom. The van der Waals surface area contributed by atoms with E-state index in [1.54, 1.807) is 24.3 Å². The van der Waals surface area contributed by atoms with Crippen molar-refractivity contribution >= 4 is 32.9 Å². The van der Waals surface area contributed by atoms with Crippen LogP contribution in [0.4, 0.5) is 17.1 Å². The average Bonchev–Trinajstić information content (AvgIpc) is 2.53. The number of hydrogen-bond donors (Lipinski definition) is 2. The van der Waals surface area contributed by atoms with Gasteiger partial charge in [-0.2, -0.15) is 0 Å². The maximum Gasteiger partial charge on any atom is 0.293 e. The van der Waals surface area contributed by atoms with Crippen molar-refractivity contribution in [1.29, 1.82) is 0 Å². The highest BCUT2D eigenvalue weighted by Gasteiger charge is 2.18. The average molecular weight is 377 g/mol. The van der Waals surface area contributed by atoms with Crippen molar-refractivity contribution in [1.82, 2.24) is 0 Å². The summed E-state index contributed by atoms with van der Waals surface area (Å²) in [6, 6.07) is 10.7. The molecule has 8 nitrogen and oxygen atoms in total. The van der Waals surface area contributed by atoms with Crippen molar-refractivity contribution in [2.24, 2.45) is 0 Å². The predicted octanol–water partition coefficient (Wildman–Crippen LogP) is 3.34. The van der Waals surface area contributed by atoms with Crippen LogP contribution >= 0.6 is 0 Å². The number of carbonyl (C=O) groups excluding carboxylic acids is 1. The third kappa shape index (κ3) is 5.03. The Labute approximate surface area is 151 Å². The van der Waals surface area contributed by atoms with Gasteiger partial charge in [-0.1, -0.05) is 12.1 Å². The van der Waals surface area contributed by atoms with Gasteiger partial charge >= 0.3 is 0 Å². The number of nitrogens with one attached hydrogen (secondary N) is 2. The van der Waals surface area contributed by atoms with E-state index < -0.39 is 14.9 Å². The molecule has 0 amide bonds. The standard InChI is InChI=1S/C17H19N3O5S/c1-11(13-4-7-15(8-5-13)19-26(3,24)25)18-16-9-6-14(12(2)21)10-17(16)20(22)23/h4-11,18-19H,1-3H3/t11-/m1/s1. The molecule has 0 aliphatic rings. The van der Waals surface area contributed by atoms with Gasteiger partial charge in [-0.25, -0.2) is 8.42 Å². The quantitative estimate of drug-likeness (QED) is 0.434. The Hall–Kier alpha value is -2.94. The number of nitrogens with zero attached hydrogens (tertiary/aromatic N) is 1. The number of carbonyl (C=O) groups is 1.